The number of fused-ring (bicyclic) bond motifs is 3. The summed E-state index contributed by atoms with van der Waals surface area (Å²) in [5, 5.41) is 6.14. The van der Waals surface area contributed by atoms with Crippen LogP contribution in [0.25, 0.3) is 22.3 Å². The molecule has 2 aromatic heterocycles. The monoisotopic (exact) mass is 992 g/mol. The second kappa shape index (κ2) is 19.8. The number of aromatic nitrogens is 3. The van der Waals surface area contributed by atoms with Crippen LogP contribution >= 0.6 is 0 Å². The Hall–Kier alpha value is -5.83. The molecule has 4 saturated heterocycles. The van der Waals surface area contributed by atoms with Gasteiger partial charge in [0, 0.05) is 79.9 Å². The molecular weight excluding hydrogens is 919 g/mol. The summed E-state index contributed by atoms with van der Waals surface area (Å²) in [6.45, 7) is 9.77. The Morgan fingerprint density at radius 3 is 2.12 bits per heavy atom. The van der Waals surface area contributed by atoms with E-state index in [0.717, 1.165) is 128 Å². The van der Waals surface area contributed by atoms with Crippen molar-refractivity contribution in [3.05, 3.63) is 66.0 Å². The first-order valence-electron chi connectivity index (χ1n) is 28.0. The summed E-state index contributed by atoms with van der Waals surface area (Å²) in [4.78, 5) is 86.2. The average Bonchev–Trinajstić information content (AvgIpc) is 4.06. The number of rotatable bonds is 12. The molecule has 73 heavy (non-hydrogen) atoms. The fourth-order valence-electron chi connectivity index (χ4n) is 13.6. The summed E-state index contributed by atoms with van der Waals surface area (Å²) in [7, 11) is 0. The Bertz CT molecular complexity index is 2750. The van der Waals surface area contributed by atoms with Crippen LogP contribution in [0.3, 0.4) is 0 Å². The van der Waals surface area contributed by atoms with E-state index in [1.807, 2.05) is 40.4 Å². The highest BCUT2D eigenvalue weighted by Crippen LogP contribution is 2.52. The third-order valence-electron chi connectivity index (χ3n) is 18.4. The van der Waals surface area contributed by atoms with Crippen molar-refractivity contribution >= 4 is 52.1 Å². The molecular formula is C58H73N9O6. The SMILES string of the molecule is CC(C)n1cnc2cc(-c3ccc4c(c3)N([C@H]3C[C@@H](N5CCCCC5)C3)C(=O)C43CCN(C(=O)[C@H]4CC[C@H](C(=O)N5CCC(COc6ccc(C7CCC(=O)NC7=O)cc6)CC5)CC4)CC3)nc(NC3CC3)c21. The van der Waals surface area contributed by atoms with Crippen molar-refractivity contribution in [2.24, 2.45) is 17.8 Å². The topological polar surface area (TPSA) is 162 Å². The minimum Gasteiger partial charge on any atom is -0.493 e. The number of pyridine rings is 1. The normalized spacial score (nSPS) is 26.8. The second-order valence-electron chi connectivity index (χ2n) is 23.3. The molecule has 7 fully saturated rings. The van der Waals surface area contributed by atoms with Crippen LogP contribution in [0.1, 0.15) is 146 Å². The quantitative estimate of drug-likeness (QED) is 0.133. The summed E-state index contributed by atoms with van der Waals surface area (Å²) < 4.78 is 8.35. The number of carbonyl (C=O) groups is 5. The second-order valence-corrected chi connectivity index (χ2v) is 23.3. The lowest BCUT2D eigenvalue weighted by Gasteiger charge is -2.48. The van der Waals surface area contributed by atoms with Crippen LogP contribution in [0.5, 0.6) is 5.75 Å². The third kappa shape index (κ3) is 9.30. The van der Waals surface area contributed by atoms with Crippen molar-refractivity contribution < 1.29 is 28.7 Å². The van der Waals surface area contributed by atoms with Crippen molar-refractivity contribution in [2.75, 3.05) is 56.1 Å². The van der Waals surface area contributed by atoms with Gasteiger partial charge in [0.05, 0.1) is 35.5 Å². The number of imidazole rings is 1. The van der Waals surface area contributed by atoms with Crippen LogP contribution < -0.4 is 20.3 Å². The molecule has 12 rings (SSSR count). The number of nitrogens with one attached hydrogen (secondary N) is 2. The zero-order valence-corrected chi connectivity index (χ0v) is 42.9. The van der Waals surface area contributed by atoms with Crippen LogP contribution in [0.15, 0.2) is 54.9 Å². The van der Waals surface area contributed by atoms with Gasteiger partial charge in [0.1, 0.15) is 11.3 Å². The Balaban J connectivity index is 0.668. The molecule has 8 aliphatic rings. The number of piperidine rings is 4. The van der Waals surface area contributed by atoms with E-state index in [4.69, 9.17) is 14.7 Å². The van der Waals surface area contributed by atoms with Crippen LogP contribution in [0.4, 0.5) is 11.5 Å². The van der Waals surface area contributed by atoms with Crippen molar-refractivity contribution in [3.8, 4) is 17.0 Å². The molecule has 386 valence electrons. The lowest BCUT2D eigenvalue weighted by Crippen LogP contribution is -2.58. The molecule has 4 aromatic rings. The first kappa shape index (κ1) is 48.1. The first-order chi connectivity index (χ1) is 35.5. The third-order valence-corrected chi connectivity index (χ3v) is 18.4. The van der Waals surface area contributed by atoms with E-state index in [9.17, 15) is 19.2 Å². The Kier molecular flexibility index (Phi) is 13.0. The minimum absolute atomic E-state index is 0.0515. The molecule has 3 saturated carbocycles. The van der Waals surface area contributed by atoms with E-state index in [0.29, 0.717) is 76.5 Å². The number of imide groups is 1. The molecule has 3 aliphatic carbocycles. The largest absolute Gasteiger partial charge is 0.493 e. The molecule has 7 heterocycles. The maximum atomic E-state index is 15.2. The Labute approximate surface area is 429 Å². The summed E-state index contributed by atoms with van der Waals surface area (Å²) in [6.07, 6.45) is 16.8. The van der Waals surface area contributed by atoms with Gasteiger partial charge in [-0.05, 0) is 165 Å². The highest BCUT2D eigenvalue weighted by atomic mass is 16.5. The van der Waals surface area contributed by atoms with Crippen LogP contribution in [0, 0.1) is 17.8 Å². The van der Waals surface area contributed by atoms with E-state index in [-0.39, 0.29) is 59.4 Å². The van der Waals surface area contributed by atoms with E-state index in [1.165, 1.54) is 19.3 Å². The highest BCUT2D eigenvalue weighted by Gasteiger charge is 2.56. The van der Waals surface area contributed by atoms with Crippen molar-refractivity contribution in [1.29, 1.82) is 0 Å². The summed E-state index contributed by atoms with van der Waals surface area (Å²) >= 11 is 0. The van der Waals surface area contributed by atoms with Gasteiger partial charge in [-0.2, -0.15) is 0 Å². The number of carbonyl (C=O) groups excluding carboxylic acids is 5. The zero-order valence-electron chi connectivity index (χ0n) is 42.9. The first-order valence-corrected chi connectivity index (χ1v) is 28.0. The van der Waals surface area contributed by atoms with Crippen LogP contribution in [-0.4, -0.2) is 123 Å². The number of likely N-dealkylation sites (tertiary alicyclic amines) is 3. The molecule has 5 amide bonds. The van der Waals surface area contributed by atoms with Gasteiger partial charge in [-0.3, -0.25) is 29.3 Å². The molecule has 15 heteroatoms. The fourth-order valence-corrected chi connectivity index (χ4v) is 13.6. The number of amides is 5. The van der Waals surface area contributed by atoms with Crippen LogP contribution in [-0.2, 0) is 29.4 Å². The van der Waals surface area contributed by atoms with Gasteiger partial charge in [0.2, 0.25) is 29.5 Å². The summed E-state index contributed by atoms with van der Waals surface area (Å²) in [6, 6.07) is 17.7. The van der Waals surface area contributed by atoms with Crippen LogP contribution in [0.2, 0.25) is 0 Å². The van der Waals surface area contributed by atoms with Gasteiger partial charge in [-0.25, -0.2) is 9.97 Å². The number of hydrogen-bond acceptors (Lipinski definition) is 10. The molecule has 0 bridgehead atoms. The Morgan fingerprint density at radius 1 is 0.781 bits per heavy atom. The van der Waals surface area contributed by atoms with Gasteiger partial charge in [-0.1, -0.05) is 30.7 Å². The van der Waals surface area contributed by atoms with E-state index >= 15 is 4.79 Å². The number of ether oxygens (including phenoxy) is 1. The predicted octanol–water partition coefficient (Wildman–Crippen LogP) is 8.12. The maximum absolute atomic E-state index is 15.2. The molecule has 1 spiro atoms. The van der Waals surface area contributed by atoms with Crippen molar-refractivity contribution in [3.63, 3.8) is 0 Å². The smallest absolute Gasteiger partial charge is 0.238 e. The van der Waals surface area contributed by atoms with Gasteiger partial charge in [0.25, 0.3) is 0 Å². The lowest BCUT2D eigenvalue weighted by molar-refractivity contribution is -0.143. The molecule has 5 aliphatic heterocycles. The number of benzene rings is 2. The highest BCUT2D eigenvalue weighted by molar-refractivity contribution is 6.09. The number of hydrogen-bond donors (Lipinski definition) is 2. The zero-order chi connectivity index (χ0) is 50.0. The fraction of sp³-hybridized carbons (Fsp3) is 0.603. The number of anilines is 2. The van der Waals surface area contributed by atoms with E-state index in [2.05, 4.69) is 63.1 Å². The standard InChI is InChI=1S/C58H73N9O6/c1-36(2)66-35-59-49-33-48(61-53(52(49)66)60-42-13-14-42)41-12-18-47-50(30-41)67(44-31-43(32-44)63-24-4-3-5-25-63)57(72)58(47)22-28-65(29-23-58)56(71)40-8-6-39(7-9-40)55(70)64-26-20-37(21-27-64)34-73-45-15-10-38(11-16-45)46-17-19-51(68)62-54(46)69/h10-12,15-16,18,30,33,35-37,39-40,42-44,46H,3-9,13-14,17,19-29,31-32,34H2,1-2H3,(H,60,61)(H,62,68,69)/t39-,40-,43-,44+,46?. The molecule has 0 radical (unpaired) electrons. The molecule has 1 atom stereocenters. The molecule has 15 nitrogen and oxygen atoms in total. The molecule has 2 N–H and O–H groups in total. The van der Waals surface area contributed by atoms with E-state index in [1.54, 1.807) is 0 Å². The maximum Gasteiger partial charge on any atom is 0.238 e. The van der Waals surface area contributed by atoms with Crippen molar-refractivity contribution in [1.82, 2.24) is 34.6 Å². The molecule has 2 aromatic carbocycles. The minimum atomic E-state index is -0.665. The van der Waals surface area contributed by atoms with Gasteiger partial charge < -0.3 is 34.2 Å². The Morgan fingerprint density at radius 2 is 1.47 bits per heavy atom. The molecule has 1 unspecified atom stereocenters. The summed E-state index contributed by atoms with van der Waals surface area (Å²) in [5.41, 5.74) is 6.15. The summed E-state index contributed by atoms with van der Waals surface area (Å²) in [5.74, 6) is 1.68. The lowest BCUT2D eigenvalue weighted by atomic mass is 9.72. The number of nitrogens with zero attached hydrogens (tertiary/aromatic N) is 7. The predicted molar refractivity (Wildman–Crippen MR) is 279 cm³/mol. The van der Waals surface area contributed by atoms with Gasteiger partial charge in [0.15, 0.2) is 5.82 Å². The van der Waals surface area contributed by atoms with Gasteiger partial charge in [-0.15, -0.1) is 0 Å². The van der Waals surface area contributed by atoms with E-state index < -0.39 is 5.41 Å². The van der Waals surface area contributed by atoms with Crippen molar-refractivity contribution in [2.45, 2.75) is 159 Å². The van der Waals surface area contributed by atoms with Gasteiger partial charge >= 0.3 is 0 Å². The average molecular weight is 992 g/mol.